The van der Waals surface area contributed by atoms with Gasteiger partial charge in [-0.05, 0) is 18.8 Å². The number of aliphatic carboxylic acids is 2. The standard InChI is InChI=1S/C19H30N6O7/c1-10(2)5-12(20)17(29)22-8-15(26)24-14(6-11-7-21-9-23-11)18(30)25-13(19(31)32)3-4-16(27)28/h7,9-10,12-14H,3-6,8,20H2,1-2H3,(H,21,23)(H,22,29)(H,24,26)(H,25,30)(H,27,28)(H,31,32). The smallest absolute Gasteiger partial charge is 0.326 e. The fraction of sp³-hybridized carbons (Fsp3) is 0.579. The summed E-state index contributed by atoms with van der Waals surface area (Å²) in [6.45, 7) is 3.37. The second kappa shape index (κ2) is 13.0. The summed E-state index contributed by atoms with van der Waals surface area (Å²) in [5.41, 5.74) is 6.25. The van der Waals surface area contributed by atoms with E-state index in [9.17, 15) is 29.1 Å². The van der Waals surface area contributed by atoms with Crippen molar-refractivity contribution >= 4 is 29.7 Å². The molecule has 0 aliphatic rings. The van der Waals surface area contributed by atoms with E-state index in [-0.39, 0.29) is 18.8 Å². The highest BCUT2D eigenvalue weighted by Crippen LogP contribution is 2.04. The number of hydrogen-bond donors (Lipinski definition) is 7. The Morgan fingerprint density at radius 1 is 1.09 bits per heavy atom. The van der Waals surface area contributed by atoms with Crippen LogP contribution in [0, 0.1) is 5.92 Å². The molecule has 13 nitrogen and oxygen atoms in total. The maximum absolute atomic E-state index is 12.7. The number of rotatable bonds is 14. The van der Waals surface area contributed by atoms with Crippen LogP contribution in [-0.2, 0) is 30.4 Å². The molecule has 0 saturated carbocycles. The van der Waals surface area contributed by atoms with Gasteiger partial charge in [0, 0.05) is 24.7 Å². The molecule has 0 radical (unpaired) electrons. The van der Waals surface area contributed by atoms with Gasteiger partial charge in [0.15, 0.2) is 0 Å². The van der Waals surface area contributed by atoms with Gasteiger partial charge in [-0.1, -0.05) is 13.8 Å². The first kappa shape index (κ1) is 26.6. The van der Waals surface area contributed by atoms with Crippen LogP contribution < -0.4 is 21.7 Å². The Labute approximate surface area is 184 Å². The van der Waals surface area contributed by atoms with E-state index < -0.39 is 60.8 Å². The molecule has 0 fully saturated rings. The zero-order chi connectivity index (χ0) is 24.3. The summed E-state index contributed by atoms with van der Waals surface area (Å²) in [5, 5.41) is 25.1. The van der Waals surface area contributed by atoms with E-state index in [0.29, 0.717) is 12.1 Å². The highest BCUT2D eigenvalue weighted by atomic mass is 16.4. The predicted octanol–water partition coefficient (Wildman–Crippen LogP) is -1.64. The predicted molar refractivity (Wildman–Crippen MR) is 111 cm³/mol. The molecule has 13 heteroatoms. The summed E-state index contributed by atoms with van der Waals surface area (Å²) in [5.74, 6) is -4.45. The van der Waals surface area contributed by atoms with Crippen LogP contribution in [0.2, 0.25) is 0 Å². The second-order valence-electron chi connectivity index (χ2n) is 7.69. The minimum absolute atomic E-state index is 0.0380. The number of imidazole rings is 1. The number of amides is 3. The minimum Gasteiger partial charge on any atom is -0.481 e. The Morgan fingerprint density at radius 3 is 2.31 bits per heavy atom. The third kappa shape index (κ3) is 10.0. The molecule has 0 saturated heterocycles. The van der Waals surface area contributed by atoms with Gasteiger partial charge in [0.1, 0.15) is 12.1 Å². The zero-order valence-corrected chi connectivity index (χ0v) is 18.0. The lowest BCUT2D eigenvalue weighted by Gasteiger charge is -2.21. The van der Waals surface area contributed by atoms with Gasteiger partial charge in [-0.15, -0.1) is 0 Å². The Kier molecular flexibility index (Phi) is 10.8. The molecule has 1 heterocycles. The van der Waals surface area contributed by atoms with Crippen LogP contribution in [0.3, 0.4) is 0 Å². The first-order chi connectivity index (χ1) is 15.0. The monoisotopic (exact) mass is 454 g/mol. The van der Waals surface area contributed by atoms with Crippen molar-refractivity contribution in [3.63, 3.8) is 0 Å². The second-order valence-corrected chi connectivity index (χ2v) is 7.69. The summed E-state index contributed by atoms with van der Waals surface area (Å²) in [7, 11) is 0. The maximum atomic E-state index is 12.7. The number of nitrogens with one attached hydrogen (secondary N) is 4. The highest BCUT2D eigenvalue weighted by molar-refractivity contribution is 5.92. The number of nitrogens with zero attached hydrogens (tertiary/aromatic N) is 1. The van der Waals surface area contributed by atoms with Crippen molar-refractivity contribution < 1.29 is 34.2 Å². The van der Waals surface area contributed by atoms with Gasteiger partial charge in [-0.25, -0.2) is 9.78 Å². The van der Waals surface area contributed by atoms with E-state index in [0.717, 1.165) is 0 Å². The molecule has 1 rings (SSSR count). The van der Waals surface area contributed by atoms with Crippen molar-refractivity contribution in [1.82, 2.24) is 25.9 Å². The van der Waals surface area contributed by atoms with Gasteiger partial charge in [0.25, 0.3) is 0 Å². The van der Waals surface area contributed by atoms with Gasteiger partial charge in [-0.3, -0.25) is 19.2 Å². The average Bonchev–Trinajstić information content (AvgIpc) is 3.20. The van der Waals surface area contributed by atoms with Crippen molar-refractivity contribution in [2.24, 2.45) is 11.7 Å². The number of carbonyl (C=O) groups is 5. The number of aromatic amines is 1. The van der Waals surface area contributed by atoms with Crippen molar-refractivity contribution in [1.29, 1.82) is 0 Å². The fourth-order valence-electron chi connectivity index (χ4n) is 2.78. The number of carboxylic acids is 2. The topological polar surface area (TPSA) is 217 Å². The van der Waals surface area contributed by atoms with Crippen LogP contribution in [0.5, 0.6) is 0 Å². The van der Waals surface area contributed by atoms with Crippen LogP contribution in [-0.4, -0.2) is 74.5 Å². The van der Waals surface area contributed by atoms with Crippen LogP contribution in [0.4, 0.5) is 0 Å². The number of nitrogens with two attached hydrogens (primary N) is 1. The first-order valence-corrected chi connectivity index (χ1v) is 10.0. The number of H-pyrrole nitrogens is 1. The van der Waals surface area contributed by atoms with E-state index in [1.807, 2.05) is 13.8 Å². The zero-order valence-electron chi connectivity index (χ0n) is 18.0. The van der Waals surface area contributed by atoms with Crippen molar-refractivity contribution in [2.45, 2.75) is 57.7 Å². The molecule has 1 aromatic rings. The molecule has 0 spiro atoms. The number of aromatic nitrogens is 2. The lowest BCUT2D eigenvalue weighted by Crippen LogP contribution is -2.54. The summed E-state index contributed by atoms with van der Waals surface area (Å²) in [6.07, 6.45) is 2.41. The Hall–Kier alpha value is -3.48. The Morgan fingerprint density at radius 2 is 1.78 bits per heavy atom. The summed E-state index contributed by atoms with van der Waals surface area (Å²) in [6, 6.07) is -3.43. The van der Waals surface area contributed by atoms with Crippen molar-refractivity contribution in [2.75, 3.05) is 6.54 Å². The molecule has 3 amide bonds. The quantitative estimate of drug-likeness (QED) is 0.171. The molecule has 0 bridgehead atoms. The molecule has 3 atom stereocenters. The third-order valence-corrected chi connectivity index (χ3v) is 4.38. The van der Waals surface area contributed by atoms with Gasteiger partial charge in [0.2, 0.25) is 17.7 Å². The first-order valence-electron chi connectivity index (χ1n) is 10.0. The van der Waals surface area contributed by atoms with E-state index in [2.05, 4.69) is 25.9 Å². The Balaban J connectivity index is 2.77. The molecule has 1 aromatic heterocycles. The lowest BCUT2D eigenvalue weighted by molar-refractivity contribution is -0.143. The molecule has 0 aliphatic heterocycles. The van der Waals surface area contributed by atoms with Crippen molar-refractivity contribution in [3.05, 3.63) is 18.2 Å². The van der Waals surface area contributed by atoms with Gasteiger partial charge in [0.05, 0.1) is 18.9 Å². The Bertz CT molecular complexity index is 796. The minimum atomic E-state index is -1.45. The van der Waals surface area contributed by atoms with Crippen LogP contribution in [0.25, 0.3) is 0 Å². The van der Waals surface area contributed by atoms with Crippen LogP contribution in [0.15, 0.2) is 12.5 Å². The van der Waals surface area contributed by atoms with Crippen LogP contribution >= 0.6 is 0 Å². The van der Waals surface area contributed by atoms with Gasteiger partial charge in [-0.2, -0.15) is 0 Å². The van der Waals surface area contributed by atoms with E-state index in [4.69, 9.17) is 10.8 Å². The molecular weight excluding hydrogens is 424 g/mol. The summed E-state index contributed by atoms with van der Waals surface area (Å²) < 4.78 is 0. The molecule has 0 aromatic carbocycles. The van der Waals surface area contributed by atoms with Gasteiger partial charge >= 0.3 is 11.9 Å². The molecule has 32 heavy (non-hydrogen) atoms. The largest absolute Gasteiger partial charge is 0.481 e. The van der Waals surface area contributed by atoms with E-state index >= 15 is 0 Å². The fourth-order valence-corrected chi connectivity index (χ4v) is 2.78. The average molecular weight is 454 g/mol. The molecule has 8 N–H and O–H groups in total. The number of carbonyl (C=O) groups excluding carboxylic acids is 3. The maximum Gasteiger partial charge on any atom is 0.326 e. The van der Waals surface area contributed by atoms with E-state index in [1.54, 1.807) is 0 Å². The van der Waals surface area contributed by atoms with Crippen LogP contribution in [0.1, 0.15) is 38.8 Å². The third-order valence-electron chi connectivity index (χ3n) is 4.38. The molecule has 3 unspecified atom stereocenters. The molecule has 0 aliphatic carbocycles. The summed E-state index contributed by atoms with van der Waals surface area (Å²) in [4.78, 5) is 65.6. The molecule has 178 valence electrons. The number of carboxylic acid groups (broad SMARTS) is 2. The molecular formula is C19H30N6O7. The lowest BCUT2D eigenvalue weighted by atomic mass is 10.0. The normalized spacial score (nSPS) is 13.6. The number of hydrogen-bond acceptors (Lipinski definition) is 7. The highest BCUT2D eigenvalue weighted by Gasteiger charge is 2.28. The van der Waals surface area contributed by atoms with Crippen molar-refractivity contribution in [3.8, 4) is 0 Å². The summed E-state index contributed by atoms with van der Waals surface area (Å²) >= 11 is 0. The SMILES string of the molecule is CC(C)CC(N)C(=O)NCC(=O)NC(Cc1cnc[nH]1)C(=O)NC(CCC(=O)O)C(=O)O. The van der Waals surface area contributed by atoms with Gasteiger partial charge < -0.3 is 36.9 Å². The van der Waals surface area contributed by atoms with E-state index in [1.165, 1.54) is 12.5 Å².